The largest absolute Gasteiger partial charge is 0.248 e. The van der Waals surface area contributed by atoms with Crippen molar-refractivity contribution >= 4 is 49.3 Å². The lowest BCUT2D eigenvalue weighted by molar-refractivity contribution is 1.38. The highest BCUT2D eigenvalue weighted by molar-refractivity contribution is 6.28. The van der Waals surface area contributed by atoms with Crippen LogP contribution in [0, 0.1) is 0 Å². The van der Waals surface area contributed by atoms with Crippen molar-refractivity contribution in [2.75, 3.05) is 0 Å². The van der Waals surface area contributed by atoms with E-state index in [0.717, 1.165) is 29.0 Å². The van der Waals surface area contributed by atoms with Gasteiger partial charge in [0, 0.05) is 5.56 Å². The third kappa shape index (κ3) is 5.26. The van der Waals surface area contributed by atoms with Crippen LogP contribution in [0.1, 0.15) is 23.1 Å². The molecule has 0 atom stereocenters. The molecule has 1 aliphatic heterocycles. The molecule has 0 amide bonds. The lowest BCUT2D eigenvalue weighted by Crippen LogP contribution is -1.98. The van der Waals surface area contributed by atoms with Gasteiger partial charge in [0.1, 0.15) is 0 Å². The summed E-state index contributed by atoms with van der Waals surface area (Å²) in [4.78, 5) is 5.23. The van der Waals surface area contributed by atoms with Crippen molar-refractivity contribution in [1.29, 1.82) is 0 Å². The van der Waals surface area contributed by atoms with Gasteiger partial charge in [-0.25, -0.2) is 4.99 Å². The summed E-state index contributed by atoms with van der Waals surface area (Å²) in [5.74, 6) is 0. The van der Waals surface area contributed by atoms with Crippen molar-refractivity contribution in [2.45, 2.75) is 6.42 Å². The van der Waals surface area contributed by atoms with Crippen LogP contribution in [0.2, 0.25) is 0 Å². The van der Waals surface area contributed by atoms with Gasteiger partial charge in [0.15, 0.2) is 0 Å². The summed E-state index contributed by atoms with van der Waals surface area (Å²) >= 11 is 0. The van der Waals surface area contributed by atoms with Crippen molar-refractivity contribution in [2.24, 2.45) is 4.99 Å². The number of hydrogen-bond acceptors (Lipinski definition) is 1. The summed E-state index contributed by atoms with van der Waals surface area (Å²) in [6.45, 7) is 0. The molecule has 0 spiro atoms. The maximum atomic E-state index is 5.23. The highest BCUT2D eigenvalue weighted by atomic mass is 14.8. The van der Waals surface area contributed by atoms with Crippen molar-refractivity contribution in [3.05, 3.63) is 205 Å². The van der Waals surface area contributed by atoms with E-state index in [0.29, 0.717) is 0 Å². The first-order valence-electron chi connectivity index (χ1n) is 16.9. The predicted molar refractivity (Wildman–Crippen MR) is 210 cm³/mol. The van der Waals surface area contributed by atoms with E-state index in [9.17, 15) is 0 Å². The molecule has 0 N–H and O–H groups in total. The van der Waals surface area contributed by atoms with Gasteiger partial charge in [-0.05, 0) is 89.8 Å². The monoisotopic (exact) mass is 623 g/mol. The van der Waals surface area contributed by atoms with Crippen LogP contribution in [0.5, 0.6) is 0 Å². The van der Waals surface area contributed by atoms with E-state index in [1.54, 1.807) is 0 Å². The molecular weight excluding hydrogens is 591 g/mol. The molecule has 1 aliphatic rings. The fraction of sp³-hybridized carbons (Fsp3) is 0.0208. The van der Waals surface area contributed by atoms with E-state index in [1.807, 2.05) is 0 Å². The second kappa shape index (κ2) is 12.4. The Morgan fingerprint density at radius 1 is 0.367 bits per heavy atom. The molecule has 8 aromatic carbocycles. The van der Waals surface area contributed by atoms with E-state index in [-0.39, 0.29) is 0 Å². The second-order valence-corrected chi connectivity index (χ2v) is 12.6. The zero-order valence-corrected chi connectivity index (χ0v) is 27.1. The zero-order chi connectivity index (χ0) is 32.6. The SMILES string of the molecule is C1=C(c2ccc(-c3cccc4c5ccccc5c5ccccc5c34)c(-c3ccccc3)c2)CC=C(c2ccccc2)N=C1c1ccccc1. The van der Waals surface area contributed by atoms with E-state index < -0.39 is 0 Å². The topological polar surface area (TPSA) is 12.4 Å². The Bertz CT molecular complexity index is 2550. The average Bonchev–Trinajstić information content (AvgIpc) is 3.42. The van der Waals surface area contributed by atoms with Crippen LogP contribution in [0.3, 0.4) is 0 Å². The molecule has 230 valence electrons. The highest BCUT2D eigenvalue weighted by Crippen LogP contribution is 2.43. The molecule has 0 saturated heterocycles. The fourth-order valence-corrected chi connectivity index (χ4v) is 7.40. The van der Waals surface area contributed by atoms with Gasteiger partial charge in [0.05, 0.1) is 11.4 Å². The Kier molecular flexibility index (Phi) is 7.29. The van der Waals surface area contributed by atoms with Gasteiger partial charge in [-0.2, -0.15) is 0 Å². The number of benzene rings is 8. The standard InChI is InChI=1S/C48H33N/c1-4-15-33(16-5-1)45-31-36(37-28-30-46(34-17-6-2-7-18-34)49-47(32-37)35-19-8-3-9-20-35)27-29-41(45)44-26-14-25-43-40-22-11-10-21-38(40)39-23-12-13-24-42(39)48(43)44/h1-27,29-32H,28H2. The normalized spacial score (nSPS) is 13.2. The molecule has 1 heteroatoms. The molecule has 0 aliphatic carbocycles. The molecule has 0 fully saturated rings. The minimum Gasteiger partial charge on any atom is -0.248 e. The minimum absolute atomic E-state index is 0.780. The van der Waals surface area contributed by atoms with E-state index in [1.165, 1.54) is 65.7 Å². The molecule has 1 heterocycles. The summed E-state index contributed by atoms with van der Waals surface area (Å²) in [5, 5.41) is 7.72. The molecule has 0 bridgehead atoms. The lowest BCUT2D eigenvalue weighted by Gasteiger charge is -2.18. The van der Waals surface area contributed by atoms with Gasteiger partial charge >= 0.3 is 0 Å². The zero-order valence-electron chi connectivity index (χ0n) is 27.1. The molecule has 49 heavy (non-hydrogen) atoms. The molecular formula is C48H33N. The van der Waals surface area contributed by atoms with Crippen LogP contribution < -0.4 is 0 Å². The molecule has 0 aromatic heterocycles. The lowest BCUT2D eigenvalue weighted by atomic mass is 9.85. The Balaban J connectivity index is 1.26. The van der Waals surface area contributed by atoms with Gasteiger partial charge in [0.2, 0.25) is 0 Å². The van der Waals surface area contributed by atoms with Crippen LogP contribution >= 0.6 is 0 Å². The quantitative estimate of drug-likeness (QED) is 0.169. The second-order valence-electron chi connectivity index (χ2n) is 12.6. The smallest absolute Gasteiger partial charge is 0.0712 e. The summed E-state index contributed by atoms with van der Waals surface area (Å²) in [5.41, 5.74) is 11.6. The number of fused-ring (bicyclic) bond motifs is 6. The van der Waals surface area contributed by atoms with E-state index in [4.69, 9.17) is 4.99 Å². The maximum Gasteiger partial charge on any atom is 0.0712 e. The average molecular weight is 624 g/mol. The van der Waals surface area contributed by atoms with Gasteiger partial charge in [-0.3, -0.25) is 0 Å². The number of nitrogens with zero attached hydrogens (tertiary/aromatic N) is 1. The van der Waals surface area contributed by atoms with Crippen molar-refractivity contribution in [3.63, 3.8) is 0 Å². The van der Waals surface area contributed by atoms with Crippen molar-refractivity contribution in [3.8, 4) is 22.3 Å². The first-order chi connectivity index (χ1) is 24.3. The number of hydrogen-bond donors (Lipinski definition) is 0. The molecule has 0 radical (unpaired) electrons. The fourth-order valence-electron chi connectivity index (χ4n) is 7.40. The van der Waals surface area contributed by atoms with Gasteiger partial charge in [-0.15, -0.1) is 0 Å². The van der Waals surface area contributed by atoms with Gasteiger partial charge < -0.3 is 0 Å². The minimum atomic E-state index is 0.780. The van der Waals surface area contributed by atoms with Crippen LogP contribution in [-0.4, -0.2) is 5.71 Å². The Morgan fingerprint density at radius 3 is 1.55 bits per heavy atom. The Morgan fingerprint density at radius 2 is 0.898 bits per heavy atom. The van der Waals surface area contributed by atoms with Crippen molar-refractivity contribution in [1.82, 2.24) is 0 Å². The molecule has 0 unspecified atom stereocenters. The van der Waals surface area contributed by atoms with Crippen LogP contribution in [0.4, 0.5) is 0 Å². The maximum absolute atomic E-state index is 5.23. The Hall–Kier alpha value is -6.31. The summed E-state index contributed by atoms with van der Waals surface area (Å²) < 4.78 is 0. The number of allylic oxidation sites excluding steroid dienone is 3. The molecule has 8 aromatic rings. The predicted octanol–water partition coefficient (Wildman–Crippen LogP) is 12.8. The highest BCUT2D eigenvalue weighted by Gasteiger charge is 2.18. The number of aliphatic imine (C=N–C) groups is 1. The third-order valence-electron chi connectivity index (χ3n) is 9.74. The van der Waals surface area contributed by atoms with Crippen LogP contribution in [0.15, 0.2) is 193 Å². The van der Waals surface area contributed by atoms with Crippen LogP contribution in [-0.2, 0) is 0 Å². The first-order valence-corrected chi connectivity index (χ1v) is 16.9. The first kappa shape index (κ1) is 28.9. The van der Waals surface area contributed by atoms with Gasteiger partial charge in [-0.1, -0.05) is 176 Å². The van der Waals surface area contributed by atoms with Crippen LogP contribution in [0.25, 0.3) is 65.8 Å². The summed E-state index contributed by atoms with van der Waals surface area (Å²) in [7, 11) is 0. The van der Waals surface area contributed by atoms with Gasteiger partial charge in [0.25, 0.3) is 0 Å². The van der Waals surface area contributed by atoms with E-state index in [2.05, 4.69) is 188 Å². The summed E-state index contributed by atoms with van der Waals surface area (Å²) in [6, 6.07) is 63.3. The number of rotatable bonds is 5. The molecule has 1 nitrogen and oxygen atoms in total. The van der Waals surface area contributed by atoms with Crippen molar-refractivity contribution < 1.29 is 0 Å². The Labute approximate surface area is 286 Å². The molecule has 9 rings (SSSR count). The summed E-state index contributed by atoms with van der Waals surface area (Å²) in [6.07, 6.45) is 5.33. The third-order valence-corrected chi connectivity index (χ3v) is 9.74. The molecule has 0 saturated carbocycles. The van der Waals surface area contributed by atoms with E-state index >= 15 is 0 Å².